The molecule has 4 heteroatoms. The maximum Gasteiger partial charge on any atom is 0.104 e. The van der Waals surface area contributed by atoms with Crippen LogP contribution in [-0.2, 0) is 18.9 Å². The number of unbranched alkanes of at least 4 members (excludes halogenated alkanes) is 1. The van der Waals surface area contributed by atoms with Gasteiger partial charge in [0.05, 0.1) is 26.4 Å². The van der Waals surface area contributed by atoms with Gasteiger partial charge >= 0.3 is 0 Å². The lowest BCUT2D eigenvalue weighted by Crippen LogP contribution is -1.94. The van der Waals surface area contributed by atoms with Crippen molar-refractivity contribution in [2.24, 2.45) is 0 Å². The molecule has 2 fully saturated rings. The zero-order valence-electron chi connectivity index (χ0n) is 22.3. The van der Waals surface area contributed by atoms with Crippen LogP contribution in [0.3, 0.4) is 0 Å². The predicted octanol–water partition coefficient (Wildman–Crippen LogP) is 8.82. The van der Waals surface area contributed by atoms with Crippen LogP contribution in [0.25, 0.3) is 21.5 Å². The van der Waals surface area contributed by atoms with Gasteiger partial charge in [-0.05, 0) is 21.5 Å². The highest BCUT2D eigenvalue weighted by atomic mass is 16.6. The van der Waals surface area contributed by atoms with Gasteiger partial charge < -0.3 is 18.9 Å². The Bertz CT molecular complexity index is 856. The van der Waals surface area contributed by atoms with Gasteiger partial charge in [-0.2, -0.15) is 0 Å². The van der Waals surface area contributed by atoms with E-state index in [9.17, 15) is 0 Å². The first-order chi connectivity index (χ1) is 17.7. The van der Waals surface area contributed by atoms with Crippen molar-refractivity contribution in [1.82, 2.24) is 0 Å². The quantitative estimate of drug-likeness (QED) is 0.246. The zero-order valence-corrected chi connectivity index (χ0v) is 22.3. The number of hydrogen-bond donors (Lipinski definition) is 0. The molecule has 2 unspecified atom stereocenters. The minimum Gasteiger partial charge on any atom is -0.382 e. The minimum absolute atomic E-state index is 0. The van der Waals surface area contributed by atoms with Gasteiger partial charge in [0, 0.05) is 14.2 Å². The number of hydrogen-bond acceptors (Lipinski definition) is 4. The van der Waals surface area contributed by atoms with Crippen LogP contribution in [0.4, 0.5) is 0 Å². The van der Waals surface area contributed by atoms with Crippen LogP contribution in [0, 0.1) is 0 Å². The molecule has 210 valence electrons. The Morgan fingerprint density at radius 2 is 0.737 bits per heavy atom. The molecule has 0 aromatic heterocycles. The molecule has 0 amide bonds. The standard InChI is InChI=1S/2C10H8.2C4H8O2.C4H10.2CH4/c2*1-2-6-10-8-4-3-7-9(10)5-1;2*1-5-2-4-3-6-4;1-3-4-2;;/h2*1-8H;2*4H,2-3H2,1H3;3-4H2,1-2H3;2*1H4. The third-order valence-electron chi connectivity index (χ3n) is 5.33. The first-order valence-electron chi connectivity index (χ1n) is 12.8. The number of ether oxygens (including phenoxy) is 4. The second-order valence-electron chi connectivity index (χ2n) is 8.52. The monoisotopic (exact) mass is 522 g/mol. The summed E-state index contributed by atoms with van der Waals surface area (Å²) >= 11 is 0. The molecular formula is C34H50O4. The average Bonchev–Trinajstić information content (AvgIpc) is 3.88. The molecule has 2 aliphatic rings. The van der Waals surface area contributed by atoms with Crippen molar-refractivity contribution in [3.05, 3.63) is 97.1 Å². The smallest absolute Gasteiger partial charge is 0.104 e. The third-order valence-corrected chi connectivity index (χ3v) is 5.33. The first kappa shape index (κ1) is 35.2. The van der Waals surface area contributed by atoms with Crippen molar-refractivity contribution in [1.29, 1.82) is 0 Å². The molecule has 0 aliphatic carbocycles. The zero-order chi connectivity index (χ0) is 25.8. The van der Waals surface area contributed by atoms with E-state index in [4.69, 9.17) is 18.9 Å². The summed E-state index contributed by atoms with van der Waals surface area (Å²) in [4.78, 5) is 0. The molecule has 4 aromatic rings. The molecule has 0 bridgehead atoms. The maximum absolute atomic E-state index is 4.82. The van der Waals surface area contributed by atoms with E-state index in [1.807, 2.05) is 0 Å². The summed E-state index contributed by atoms with van der Waals surface area (Å²) < 4.78 is 19.1. The van der Waals surface area contributed by atoms with Crippen molar-refractivity contribution in [3.8, 4) is 0 Å². The van der Waals surface area contributed by atoms with Gasteiger partial charge in [-0.1, -0.05) is 139 Å². The van der Waals surface area contributed by atoms with Crippen LogP contribution in [0.15, 0.2) is 97.1 Å². The number of fused-ring (bicyclic) bond motifs is 2. The Kier molecular flexibility index (Phi) is 20.6. The summed E-state index contributed by atoms with van der Waals surface area (Å²) in [7, 11) is 3.36. The molecule has 0 N–H and O–H groups in total. The number of methoxy groups -OCH3 is 2. The molecule has 38 heavy (non-hydrogen) atoms. The Labute approximate surface area is 231 Å². The van der Waals surface area contributed by atoms with Crippen LogP contribution in [0.2, 0.25) is 0 Å². The molecule has 6 rings (SSSR count). The number of rotatable bonds is 5. The molecule has 2 saturated heterocycles. The van der Waals surface area contributed by atoms with Crippen molar-refractivity contribution in [2.45, 2.75) is 53.8 Å². The van der Waals surface area contributed by atoms with Crippen LogP contribution in [-0.4, -0.2) is 52.9 Å². The molecule has 4 nitrogen and oxygen atoms in total. The van der Waals surface area contributed by atoms with Gasteiger partial charge in [-0.15, -0.1) is 0 Å². The lowest BCUT2D eigenvalue weighted by Gasteiger charge is -1.92. The van der Waals surface area contributed by atoms with Gasteiger partial charge in [0.1, 0.15) is 12.2 Å². The summed E-state index contributed by atoms with van der Waals surface area (Å²) in [5.74, 6) is 0. The first-order valence-corrected chi connectivity index (χ1v) is 12.8. The van der Waals surface area contributed by atoms with Crippen LogP contribution >= 0.6 is 0 Å². The normalized spacial score (nSPS) is 15.7. The summed E-state index contributed by atoms with van der Waals surface area (Å²) in [5, 5.41) is 5.24. The number of benzene rings is 4. The second-order valence-corrected chi connectivity index (χ2v) is 8.52. The van der Waals surface area contributed by atoms with E-state index in [1.165, 1.54) is 34.4 Å². The minimum atomic E-state index is 0. The summed E-state index contributed by atoms with van der Waals surface area (Å²) in [6.45, 7) is 7.68. The van der Waals surface area contributed by atoms with Crippen LogP contribution in [0.1, 0.15) is 41.5 Å². The highest BCUT2D eigenvalue weighted by molar-refractivity contribution is 5.82. The van der Waals surface area contributed by atoms with Crippen molar-refractivity contribution >= 4 is 21.5 Å². The van der Waals surface area contributed by atoms with Gasteiger partial charge in [0.25, 0.3) is 0 Å². The second kappa shape index (κ2) is 22.2. The lowest BCUT2D eigenvalue weighted by atomic mass is 10.1. The van der Waals surface area contributed by atoms with Crippen LogP contribution < -0.4 is 0 Å². The van der Waals surface area contributed by atoms with Gasteiger partial charge in [-0.25, -0.2) is 0 Å². The topological polar surface area (TPSA) is 43.5 Å². The maximum atomic E-state index is 4.82. The Balaban J connectivity index is 0.000000462. The number of epoxide rings is 2. The molecule has 2 heterocycles. The lowest BCUT2D eigenvalue weighted by molar-refractivity contribution is 0.171. The fourth-order valence-electron chi connectivity index (χ4n) is 2.97. The van der Waals surface area contributed by atoms with Gasteiger partial charge in [0.15, 0.2) is 0 Å². The summed E-state index contributed by atoms with van der Waals surface area (Å²) in [6, 6.07) is 33.4. The fraction of sp³-hybridized carbons (Fsp3) is 0.412. The van der Waals surface area contributed by atoms with E-state index in [1.54, 1.807) is 14.2 Å². The Hall–Kier alpha value is -2.76. The van der Waals surface area contributed by atoms with E-state index >= 15 is 0 Å². The Morgan fingerprint density at radius 1 is 0.526 bits per heavy atom. The highest BCUT2D eigenvalue weighted by Gasteiger charge is 2.21. The van der Waals surface area contributed by atoms with Crippen molar-refractivity contribution in [2.75, 3.05) is 40.6 Å². The van der Waals surface area contributed by atoms with Gasteiger partial charge in [-0.3, -0.25) is 0 Å². The van der Waals surface area contributed by atoms with E-state index in [2.05, 4.69) is 111 Å². The average molecular weight is 523 g/mol. The SMILES string of the molecule is C.C.CCCC.COCC1CO1.COCC1CO1.c1ccc2ccccc2c1.c1ccc2ccccc2c1. The summed E-state index contributed by atoms with van der Waals surface area (Å²) in [6.07, 6.45) is 3.49. The van der Waals surface area contributed by atoms with Crippen molar-refractivity contribution < 1.29 is 18.9 Å². The summed E-state index contributed by atoms with van der Waals surface area (Å²) in [5.41, 5.74) is 0. The van der Waals surface area contributed by atoms with E-state index in [0.29, 0.717) is 12.2 Å². The molecule has 0 radical (unpaired) electrons. The third kappa shape index (κ3) is 16.2. The van der Waals surface area contributed by atoms with E-state index < -0.39 is 0 Å². The molecule has 2 atom stereocenters. The molecular weight excluding hydrogens is 472 g/mol. The van der Waals surface area contributed by atoms with E-state index in [-0.39, 0.29) is 14.9 Å². The van der Waals surface area contributed by atoms with Crippen molar-refractivity contribution in [3.63, 3.8) is 0 Å². The van der Waals surface area contributed by atoms with Gasteiger partial charge in [0.2, 0.25) is 0 Å². The molecule has 2 aliphatic heterocycles. The predicted molar refractivity (Wildman–Crippen MR) is 165 cm³/mol. The fourth-order valence-corrected chi connectivity index (χ4v) is 2.97. The molecule has 0 spiro atoms. The highest BCUT2D eigenvalue weighted by Crippen LogP contribution is 2.12. The molecule has 4 aromatic carbocycles. The largest absolute Gasteiger partial charge is 0.382 e. The van der Waals surface area contributed by atoms with Crippen LogP contribution in [0.5, 0.6) is 0 Å². The van der Waals surface area contributed by atoms with E-state index in [0.717, 1.165) is 26.4 Å². The Morgan fingerprint density at radius 3 is 0.842 bits per heavy atom. The molecule has 0 saturated carbocycles.